The Kier molecular flexibility index (Phi) is 4.75. The first kappa shape index (κ1) is 11.9. The minimum Gasteiger partial charge on any atom is -0.351 e. The summed E-state index contributed by atoms with van der Waals surface area (Å²) in [6.07, 6.45) is 2.18. The largest absolute Gasteiger partial charge is 0.351 e. The quantitative estimate of drug-likeness (QED) is 0.736. The molecule has 0 saturated carbocycles. The van der Waals surface area contributed by atoms with Gasteiger partial charge in [0.05, 0.1) is 5.25 Å². The number of thioether (sulfide) groups is 1. The highest BCUT2D eigenvalue weighted by Gasteiger charge is 2.25. The van der Waals surface area contributed by atoms with Crippen LogP contribution >= 0.6 is 11.8 Å². The van der Waals surface area contributed by atoms with E-state index in [0.717, 1.165) is 18.6 Å². The van der Waals surface area contributed by atoms with E-state index in [-0.39, 0.29) is 17.2 Å². The number of rotatable bonds is 4. The van der Waals surface area contributed by atoms with Crippen molar-refractivity contribution in [3.8, 4) is 0 Å². The van der Waals surface area contributed by atoms with Gasteiger partial charge in [-0.1, -0.05) is 13.8 Å². The normalized spacial score (nSPS) is 23.9. The first-order chi connectivity index (χ1) is 6.65. The Balaban J connectivity index is 2.37. The SMILES string of the molecule is CC(C)C(CN)NC(=O)C1CCCS1. The molecule has 3 N–H and O–H groups in total. The number of nitrogens with two attached hydrogens (primary N) is 1. The van der Waals surface area contributed by atoms with Gasteiger partial charge < -0.3 is 11.1 Å². The van der Waals surface area contributed by atoms with Crippen LogP contribution in [0, 0.1) is 5.92 Å². The zero-order valence-electron chi connectivity index (χ0n) is 8.95. The fourth-order valence-electron chi connectivity index (χ4n) is 1.56. The Hall–Kier alpha value is -0.220. The van der Waals surface area contributed by atoms with Gasteiger partial charge in [0.1, 0.15) is 0 Å². The molecule has 2 unspecified atom stereocenters. The van der Waals surface area contributed by atoms with Crippen LogP contribution in [-0.2, 0) is 4.79 Å². The molecule has 0 spiro atoms. The molecule has 0 aliphatic carbocycles. The van der Waals surface area contributed by atoms with Crippen LogP contribution in [0.15, 0.2) is 0 Å². The minimum atomic E-state index is 0.128. The van der Waals surface area contributed by atoms with Crippen molar-refractivity contribution in [2.45, 2.75) is 38.0 Å². The lowest BCUT2D eigenvalue weighted by molar-refractivity contribution is -0.121. The number of carbonyl (C=O) groups is 1. The molecule has 0 aromatic heterocycles. The first-order valence-corrected chi connectivity index (χ1v) is 6.32. The van der Waals surface area contributed by atoms with Gasteiger partial charge in [-0.2, -0.15) is 0 Å². The van der Waals surface area contributed by atoms with Gasteiger partial charge in [-0.3, -0.25) is 4.79 Å². The van der Waals surface area contributed by atoms with E-state index in [9.17, 15) is 4.79 Å². The maximum Gasteiger partial charge on any atom is 0.233 e. The lowest BCUT2D eigenvalue weighted by Crippen LogP contribution is -2.46. The maximum absolute atomic E-state index is 11.7. The lowest BCUT2D eigenvalue weighted by Gasteiger charge is -2.22. The molecule has 1 rings (SSSR count). The van der Waals surface area contributed by atoms with Gasteiger partial charge in [0.15, 0.2) is 0 Å². The summed E-state index contributed by atoms with van der Waals surface area (Å²) < 4.78 is 0. The molecular formula is C10H20N2OS. The van der Waals surface area contributed by atoms with Crippen molar-refractivity contribution in [1.29, 1.82) is 0 Å². The van der Waals surface area contributed by atoms with Gasteiger partial charge >= 0.3 is 0 Å². The van der Waals surface area contributed by atoms with Crippen molar-refractivity contribution in [2.75, 3.05) is 12.3 Å². The van der Waals surface area contributed by atoms with Crippen molar-refractivity contribution in [2.24, 2.45) is 11.7 Å². The number of hydrogen-bond acceptors (Lipinski definition) is 3. The van der Waals surface area contributed by atoms with Crippen LogP contribution in [0.3, 0.4) is 0 Å². The molecule has 4 heteroatoms. The van der Waals surface area contributed by atoms with Crippen molar-refractivity contribution >= 4 is 17.7 Å². The van der Waals surface area contributed by atoms with E-state index in [4.69, 9.17) is 5.73 Å². The molecule has 0 aromatic carbocycles. The van der Waals surface area contributed by atoms with Crippen molar-refractivity contribution in [1.82, 2.24) is 5.32 Å². The zero-order chi connectivity index (χ0) is 10.6. The van der Waals surface area contributed by atoms with Crippen LogP contribution in [0.5, 0.6) is 0 Å². The highest BCUT2D eigenvalue weighted by molar-refractivity contribution is 8.00. The molecule has 1 saturated heterocycles. The predicted octanol–water partition coefficient (Wildman–Crippen LogP) is 0.982. The van der Waals surface area contributed by atoms with E-state index >= 15 is 0 Å². The second-order valence-corrected chi connectivity index (χ2v) is 5.41. The van der Waals surface area contributed by atoms with Crippen LogP contribution in [0.1, 0.15) is 26.7 Å². The molecule has 0 radical (unpaired) electrons. The summed E-state index contributed by atoms with van der Waals surface area (Å²) in [6.45, 7) is 4.69. The average Bonchev–Trinajstić information content (AvgIpc) is 2.65. The van der Waals surface area contributed by atoms with Crippen molar-refractivity contribution in [3.05, 3.63) is 0 Å². The first-order valence-electron chi connectivity index (χ1n) is 5.27. The fraction of sp³-hybridized carbons (Fsp3) is 0.900. The van der Waals surface area contributed by atoms with Crippen LogP contribution in [0.25, 0.3) is 0 Å². The van der Waals surface area contributed by atoms with Crippen molar-refractivity contribution < 1.29 is 4.79 Å². The van der Waals surface area contributed by atoms with Crippen molar-refractivity contribution in [3.63, 3.8) is 0 Å². The highest BCUT2D eigenvalue weighted by atomic mass is 32.2. The number of nitrogens with one attached hydrogen (secondary N) is 1. The topological polar surface area (TPSA) is 55.1 Å². The molecule has 3 nitrogen and oxygen atoms in total. The summed E-state index contributed by atoms with van der Waals surface area (Å²) in [4.78, 5) is 11.7. The summed E-state index contributed by atoms with van der Waals surface area (Å²) in [7, 11) is 0. The third-order valence-electron chi connectivity index (χ3n) is 2.61. The summed E-state index contributed by atoms with van der Waals surface area (Å²) >= 11 is 1.76. The van der Waals surface area contributed by atoms with Crippen LogP contribution in [0.2, 0.25) is 0 Å². The third-order valence-corrected chi connectivity index (χ3v) is 3.98. The van der Waals surface area contributed by atoms with Crippen LogP contribution in [0.4, 0.5) is 0 Å². The lowest BCUT2D eigenvalue weighted by atomic mass is 10.0. The van der Waals surface area contributed by atoms with Gasteiger partial charge in [-0.25, -0.2) is 0 Å². The Labute approximate surface area is 90.2 Å². The Morgan fingerprint density at radius 1 is 1.64 bits per heavy atom. The number of carbonyl (C=O) groups excluding carboxylic acids is 1. The minimum absolute atomic E-state index is 0.128. The van der Waals surface area contributed by atoms with E-state index in [2.05, 4.69) is 19.2 Å². The van der Waals surface area contributed by atoms with Gasteiger partial charge in [0, 0.05) is 12.6 Å². The molecular weight excluding hydrogens is 196 g/mol. The number of hydrogen-bond donors (Lipinski definition) is 2. The number of amides is 1. The Morgan fingerprint density at radius 3 is 2.79 bits per heavy atom. The highest BCUT2D eigenvalue weighted by Crippen LogP contribution is 2.26. The molecule has 14 heavy (non-hydrogen) atoms. The van der Waals surface area contributed by atoms with E-state index in [1.165, 1.54) is 0 Å². The molecule has 1 aliphatic rings. The molecule has 1 heterocycles. The molecule has 0 bridgehead atoms. The predicted molar refractivity (Wildman–Crippen MR) is 61.3 cm³/mol. The summed E-state index contributed by atoms with van der Waals surface area (Å²) in [5, 5.41) is 3.19. The summed E-state index contributed by atoms with van der Waals surface area (Å²) in [5.41, 5.74) is 5.60. The van der Waals surface area contributed by atoms with E-state index < -0.39 is 0 Å². The third kappa shape index (κ3) is 3.17. The molecule has 0 aromatic rings. The Morgan fingerprint density at radius 2 is 2.36 bits per heavy atom. The summed E-state index contributed by atoms with van der Waals surface area (Å²) in [5.74, 6) is 1.71. The monoisotopic (exact) mass is 216 g/mol. The van der Waals surface area contributed by atoms with E-state index in [1.54, 1.807) is 11.8 Å². The second kappa shape index (κ2) is 5.61. The van der Waals surface area contributed by atoms with E-state index in [1.807, 2.05) is 0 Å². The van der Waals surface area contributed by atoms with Gasteiger partial charge in [0.25, 0.3) is 0 Å². The Bertz CT molecular complexity index is 191. The molecule has 1 aliphatic heterocycles. The van der Waals surface area contributed by atoms with E-state index in [0.29, 0.717) is 12.5 Å². The fourth-order valence-corrected chi connectivity index (χ4v) is 2.73. The van der Waals surface area contributed by atoms with Gasteiger partial charge in [0.2, 0.25) is 5.91 Å². The van der Waals surface area contributed by atoms with Crippen LogP contribution < -0.4 is 11.1 Å². The van der Waals surface area contributed by atoms with Gasteiger partial charge in [-0.15, -0.1) is 11.8 Å². The maximum atomic E-state index is 11.7. The molecule has 1 fully saturated rings. The molecule has 2 atom stereocenters. The zero-order valence-corrected chi connectivity index (χ0v) is 9.77. The molecule has 1 amide bonds. The van der Waals surface area contributed by atoms with Crippen LogP contribution in [-0.4, -0.2) is 29.5 Å². The standard InChI is InChI=1S/C10H20N2OS/c1-7(2)8(6-11)12-10(13)9-4-3-5-14-9/h7-9H,3-6,11H2,1-2H3,(H,12,13). The van der Waals surface area contributed by atoms with Gasteiger partial charge in [-0.05, 0) is 24.5 Å². The average molecular weight is 216 g/mol. The smallest absolute Gasteiger partial charge is 0.233 e. The molecule has 82 valence electrons. The summed E-state index contributed by atoms with van der Waals surface area (Å²) in [6, 6.07) is 0.128. The second-order valence-electron chi connectivity index (χ2n) is 4.10.